The zero-order chi connectivity index (χ0) is 17.7. The molecule has 1 aromatic carbocycles. The Morgan fingerprint density at radius 2 is 1.92 bits per heavy atom. The normalized spacial score (nSPS) is 15.7. The van der Waals surface area contributed by atoms with Crippen molar-refractivity contribution in [2.45, 2.75) is 45.3 Å². The molecular weight excluding hydrogens is 308 g/mol. The van der Waals surface area contributed by atoms with Gasteiger partial charge in [-0.05, 0) is 51.8 Å². The van der Waals surface area contributed by atoms with Gasteiger partial charge in [-0.15, -0.1) is 0 Å². The molecule has 1 aliphatic heterocycles. The van der Waals surface area contributed by atoms with Crippen LogP contribution in [-0.4, -0.2) is 41.8 Å². The van der Waals surface area contributed by atoms with E-state index in [0.717, 1.165) is 0 Å². The fourth-order valence-corrected chi connectivity index (χ4v) is 2.52. The number of benzene rings is 1. The highest BCUT2D eigenvalue weighted by Gasteiger charge is 2.25. The van der Waals surface area contributed by atoms with Crippen LogP contribution in [0.4, 0.5) is 21.0 Å². The Kier molecular flexibility index (Phi) is 5.54. The van der Waals surface area contributed by atoms with Crippen molar-refractivity contribution in [1.29, 1.82) is 0 Å². The van der Waals surface area contributed by atoms with Crippen LogP contribution >= 0.6 is 0 Å². The highest BCUT2D eigenvalue weighted by atomic mass is 16.6. The van der Waals surface area contributed by atoms with E-state index in [1.54, 1.807) is 29.2 Å². The zero-order valence-electron chi connectivity index (χ0n) is 14.5. The largest absolute Gasteiger partial charge is 0.444 e. The van der Waals surface area contributed by atoms with Crippen molar-refractivity contribution in [3.63, 3.8) is 0 Å². The lowest BCUT2D eigenvalue weighted by atomic mass is 10.1. The Hall–Kier alpha value is -2.44. The van der Waals surface area contributed by atoms with Gasteiger partial charge in [-0.3, -0.25) is 0 Å². The predicted molar refractivity (Wildman–Crippen MR) is 93.8 cm³/mol. The number of nitrogen functional groups attached to an aromatic ring is 1. The van der Waals surface area contributed by atoms with E-state index in [-0.39, 0.29) is 12.1 Å². The minimum Gasteiger partial charge on any atom is -0.444 e. The molecule has 7 heteroatoms. The number of likely N-dealkylation sites (tertiary alicyclic amines) is 1. The van der Waals surface area contributed by atoms with Crippen molar-refractivity contribution in [1.82, 2.24) is 10.2 Å². The second-order valence-electron chi connectivity index (χ2n) is 6.96. The first-order valence-electron chi connectivity index (χ1n) is 8.14. The number of anilines is 2. The molecule has 1 fully saturated rings. The Balaban J connectivity index is 1.78. The first-order valence-corrected chi connectivity index (χ1v) is 8.14. The molecule has 0 aliphatic carbocycles. The summed E-state index contributed by atoms with van der Waals surface area (Å²) >= 11 is 0. The van der Waals surface area contributed by atoms with Gasteiger partial charge in [0.2, 0.25) is 0 Å². The summed E-state index contributed by atoms with van der Waals surface area (Å²) in [7, 11) is 0. The van der Waals surface area contributed by atoms with Crippen LogP contribution in [0.15, 0.2) is 24.3 Å². The SMILES string of the molecule is CC(C)(C)OC(=O)NC1CCN(C(=O)Nc2cccc(N)c2)CC1. The maximum absolute atomic E-state index is 12.3. The van der Waals surface area contributed by atoms with Gasteiger partial charge in [0.25, 0.3) is 0 Å². The average molecular weight is 334 g/mol. The maximum Gasteiger partial charge on any atom is 0.407 e. The summed E-state index contributed by atoms with van der Waals surface area (Å²) in [5.41, 5.74) is 6.47. The Labute approximate surface area is 142 Å². The summed E-state index contributed by atoms with van der Waals surface area (Å²) in [5.74, 6) is 0. The standard InChI is InChI=1S/C17H26N4O3/c1-17(2,3)24-16(23)20-13-7-9-21(10-8-13)15(22)19-14-6-4-5-12(18)11-14/h4-6,11,13H,7-10,18H2,1-3H3,(H,19,22)(H,20,23). The van der Waals surface area contributed by atoms with Crippen LogP contribution in [0.3, 0.4) is 0 Å². The number of nitrogens with two attached hydrogens (primary N) is 1. The van der Waals surface area contributed by atoms with Crippen LogP contribution < -0.4 is 16.4 Å². The van der Waals surface area contributed by atoms with Crippen molar-refractivity contribution < 1.29 is 14.3 Å². The van der Waals surface area contributed by atoms with E-state index >= 15 is 0 Å². The fourth-order valence-electron chi connectivity index (χ4n) is 2.52. The zero-order valence-corrected chi connectivity index (χ0v) is 14.5. The second kappa shape index (κ2) is 7.42. The predicted octanol–water partition coefficient (Wildman–Crippen LogP) is 2.79. The third-order valence-electron chi connectivity index (χ3n) is 3.64. The third-order valence-corrected chi connectivity index (χ3v) is 3.64. The lowest BCUT2D eigenvalue weighted by Crippen LogP contribution is -2.48. The number of rotatable bonds is 2. The molecule has 0 saturated carbocycles. The lowest BCUT2D eigenvalue weighted by Gasteiger charge is -2.32. The van der Waals surface area contributed by atoms with Gasteiger partial charge >= 0.3 is 12.1 Å². The van der Waals surface area contributed by atoms with E-state index in [1.807, 2.05) is 20.8 Å². The topological polar surface area (TPSA) is 96.7 Å². The molecular formula is C17H26N4O3. The van der Waals surface area contributed by atoms with Crippen molar-refractivity contribution >= 4 is 23.5 Å². The van der Waals surface area contributed by atoms with Gasteiger partial charge < -0.3 is 26.0 Å². The Bertz CT molecular complexity index is 590. The van der Waals surface area contributed by atoms with Crippen LogP contribution in [0.5, 0.6) is 0 Å². The molecule has 0 atom stereocenters. The molecule has 4 N–H and O–H groups in total. The van der Waals surface area contributed by atoms with Gasteiger partial charge in [0.1, 0.15) is 5.60 Å². The van der Waals surface area contributed by atoms with E-state index in [2.05, 4.69) is 10.6 Å². The van der Waals surface area contributed by atoms with Gasteiger partial charge in [-0.25, -0.2) is 9.59 Å². The smallest absolute Gasteiger partial charge is 0.407 e. The van der Waals surface area contributed by atoms with Gasteiger partial charge in [-0.1, -0.05) is 6.07 Å². The molecule has 0 radical (unpaired) electrons. The number of carbonyl (C=O) groups excluding carboxylic acids is 2. The molecule has 1 heterocycles. The number of ether oxygens (including phenoxy) is 1. The number of nitrogens with one attached hydrogen (secondary N) is 2. The minimum absolute atomic E-state index is 0.0243. The molecule has 1 aliphatic rings. The summed E-state index contributed by atoms with van der Waals surface area (Å²) in [6, 6.07) is 6.94. The number of hydrogen-bond acceptors (Lipinski definition) is 4. The van der Waals surface area contributed by atoms with E-state index in [9.17, 15) is 9.59 Å². The van der Waals surface area contributed by atoms with Crippen LogP contribution in [0.2, 0.25) is 0 Å². The first kappa shape index (κ1) is 17.9. The molecule has 24 heavy (non-hydrogen) atoms. The van der Waals surface area contributed by atoms with E-state index in [1.165, 1.54) is 0 Å². The van der Waals surface area contributed by atoms with Gasteiger partial charge in [-0.2, -0.15) is 0 Å². The molecule has 1 saturated heterocycles. The summed E-state index contributed by atoms with van der Waals surface area (Å²) in [6.07, 6.45) is 0.984. The first-order chi connectivity index (χ1) is 11.2. The number of amides is 3. The van der Waals surface area contributed by atoms with Crippen molar-refractivity contribution in [2.24, 2.45) is 0 Å². The summed E-state index contributed by atoms with van der Waals surface area (Å²) < 4.78 is 5.25. The van der Waals surface area contributed by atoms with E-state index < -0.39 is 11.7 Å². The summed E-state index contributed by atoms with van der Waals surface area (Å²) in [6.45, 7) is 6.64. The highest BCUT2D eigenvalue weighted by molar-refractivity contribution is 5.89. The van der Waals surface area contributed by atoms with Crippen LogP contribution in [0.25, 0.3) is 0 Å². The van der Waals surface area contributed by atoms with Gasteiger partial charge in [0.05, 0.1) is 0 Å². The number of alkyl carbamates (subject to hydrolysis) is 1. The van der Waals surface area contributed by atoms with E-state index in [4.69, 9.17) is 10.5 Å². The molecule has 0 bridgehead atoms. The number of hydrogen-bond donors (Lipinski definition) is 3. The number of urea groups is 1. The van der Waals surface area contributed by atoms with Crippen molar-refractivity contribution in [3.8, 4) is 0 Å². The fraction of sp³-hybridized carbons (Fsp3) is 0.529. The Morgan fingerprint density at radius 1 is 1.25 bits per heavy atom. The molecule has 2 rings (SSSR count). The summed E-state index contributed by atoms with van der Waals surface area (Å²) in [5, 5.41) is 5.69. The third kappa shape index (κ3) is 5.64. The molecule has 0 aromatic heterocycles. The number of nitrogens with zero attached hydrogens (tertiary/aromatic N) is 1. The van der Waals surface area contributed by atoms with Crippen molar-refractivity contribution in [2.75, 3.05) is 24.1 Å². The molecule has 3 amide bonds. The molecule has 0 unspecified atom stereocenters. The number of piperidine rings is 1. The maximum atomic E-state index is 12.3. The monoisotopic (exact) mass is 334 g/mol. The van der Waals surface area contributed by atoms with Crippen molar-refractivity contribution in [3.05, 3.63) is 24.3 Å². The molecule has 132 valence electrons. The van der Waals surface area contributed by atoms with Gasteiger partial charge in [0.15, 0.2) is 0 Å². The minimum atomic E-state index is -0.512. The second-order valence-corrected chi connectivity index (χ2v) is 6.96. The van der Waals surface area contributed by atoms with E-state index in [0.29, 0.717) is 37.3 Å². The Morgan fingerprint density at radius 3 is 2.50 bits per heavy atom. The van der Waals surface area contributed by atoms with Crippen LogP contribution in [0.1, 0.15) is 33.6 Å². The molecule has 1 aromatic rings. The highest BCUT2D eigenvalue weighted by Crippen LogP contribution is 2.16. The quantitative estimate of drug-likeness (QED) is 0.725. The van der Waals surface area contributed by atoms with Crippen LogP contribution in [0, 0.1) is 0 Å². The van der Waals surface area contributed by atoms with Gasteiger partial charge in [0, 0.05) is 30.5 Å². The average Bonchev–Trinajstić information content (AvgIpc) is 2.45. The number of carbonyl (C=O) groups is 2. The molecule has 0 spiro atoms. The van der Waals surface area contributed by atoms with Crippen LogP contribution in [-0.2, 0) is 4.74 Å². The summed E-state index contributed by atoms with van der Waals surface area (Å²) in [4.78, 5) is 25.8. The lowest BCUT2D eigenvalue weighted by molar-refractivity contribution is 0.0486. The molecule has 7 nitrogen and oxygen atoms in total.